The molecule has 3 rings (SSSR count). The monoisotopic (exact) mass is 178 g/mol. The summed E-state index contributed by atoms with van der Waals surface area (Å²) in [4.78, 5) is 22.9. The number of cyclic esters (lactones) is 2. The Kier molecular flexibility index (Phi) is 1.05. The second kappa shape index (κ2) is 1.86. The van der Waals surface area contributed by atoms with Crippen LogP contribution in [0.4, 0.5) is 0 Å². The fraction of sp³-hybridized carbons (Fsp3) is 0.600. The van der Waals surface area contributed by atoms with Gasteiger partial charge in [-0.3, -0.25) is 9.59 Å². The average molecular weight is 178 g/mol. The molecule has 0 N–H and O–H groups in total. The number of ether oxygens (including phenoxy) is 1. The number of hydrogen-bond donors (Lipinski definition) is 0. The van der Waals surface area contributed by atoms with Gasteiger partial charge in [0.15, 0.2) is 0 Å². The van der Waals surface area contributed by atoms with Gasteiger partial charge in [-0.2, -0.15) is 0 Å². The third-order valence-electron chi connectivity index (χ3n) is 3.83. The molecule has 3 nitrogen and oxygen atoms in total. The summed E-state index contributed by atoms with van der Waals surface area (Å²) in [6.07, 6.45) is 3.95. The molecular weight excluding hydrogens is 168 g/mol. The summed E-state index contributed by atoms with van der Waals surface area (Å²) in [5.74, 6) is -0.582. The molecule has 0 radical (unpaired) electrons. The molecule has 0 amide bonds. The number of fused-ring (bicyclic) bond motifs is 5. The Morgan fingerprint density at radius 3 is 3.00 bits per heavy atom. The van der Waals surface area contributed by atoms with Gasteiger partial charge in [0.05, 0.1) is 11.3 Å². The molecule has 2 aliphatic carbocycles. The lowest BCUT2D eigenvalue weighted by Gasteiger charge is -2.26. The molecule has 1 aliphatic heterocycles. The second-order valence-corrected chi connectivity index (χ2v) is 4.34. The summed E-state index contributed by atoms with van der Waals surface area (Å²) < 4.78 is 4.69. The number of esters is 2. The maximum absolute atomic E-state index is 11.5. The van der Waals surface area contributed by atoms with Crippen molar-refractivity contribution in [3.05, 3.63) is 11.6 Å². The molecule has 3 aliphatic rings. The van der Waals surface area contributed by atoms with Gasteiger partial charge in [0, 0.05) is 0 Å². The van der Waals surface area contributed by atoms with E-state index in [2.05, 4.69) is 6.08 Å². The van der Waals surface area contributed by atoms with E-state index in [1.165, 1.54) is 0 Å². The van der Waals surface area contributed by atoms with Crippen LogP contribution in [-0.2, 0) is 14.3 Å². The van der Waals surface area contributed by atoms with E-state index in [9.17, 15) is 9.59 Å². The van der Waals surface area contributed by atoms with Gasteiger partial charge in [-0.25, -0.2) is 0 Å². The first-order valence-electron chi connectivity index (χ1n) is 4.59. The van der Waals surface area contributed by atoms with Gasteiger partial charge in [-0.15, -0.1) is 0 Å². The van der Waals surface area contributed by atoms with Crippen molar-refractivity contribution in [2.75, 3.05) is 0 Å². The Balaban J connectivity index is 2.19. The van der Waals surface area contributed by atoms with E-state index in [0.29, 0.717) is 5.92 Å². The molecule has 0 aromatic rings. The Morgan fingerprint density at radius 2 is 2.31 bits per heavy atom. The van der Waals surface area contributed by atoms with Crippen LogP contribution in [0.3, 0.4) is 0 Å². The highest BCUT2D eigenvalue weighted by molar-refractivity contribution is 6.02. The third kappa shape index (κ3) is 0.598. The minimum absolute atomic E-state index is 0.251. The molecule has 1 heterocycles. The van der Waals surface area contributed by atoms with E-state index in [1.807, 2.05) is 6.92 Å². The van der Waals surface area contributed by atoms with Gasteiger partial charge >= 0.3 is 11.9 Å². The van der Waals surface area contributed by atoms with Crippen molar-refractivity contribution in [1.82, 2.24) is 0 Å². The van der Waals surface area contributed by atoms with Gasteiger partial charge in [-0.1, -0.05) is 11.6 Å². The van der Waals surface area contributed by atoms with E-state index in [-0.39, 0.29) is 17.9 Å². The smallest absolute Gasteiger partial charge is 0.321 e. The van der Waals surface area contributed by atoms with Crippen LogP contribution in [0, 0.1) is 17.3 Å². The van der Waals surface area contributed by atoms with Crippen LogP contribution in [0.25, 0.3) is 0 Å². The minimum atomic E-state index is -0.527. The zero-order valence-corrected chi connectivity index (χ0v) is 7.37. The van der Waals surface area contributed by atoms with Crippen molar-refractivity contribution in [2.45, 2.75) is 19.8 Å². The van der Waals surface area contributed by atoms with Crippen LogP contribution in [0.2, 0.25) is 0 Å². The van der Waals surface area contributed by atoms with Crippen molar-refractivity contribution in [3.8, 4) is 0 Å². The lowest BCUT2D eigenvalue weighted by atomic mass is 9.71. The summed E-state index contributed by atoms with van der Waals surface area (Å²) in [6, 6.07) is 0. The quantitative estimate of drug-likeness (QED) is 0.316. The highest BCUT2D eigenvalue weighted by atomic mass is 16.6. The SMILES string of the molecule is CC12C(=O)OC(=O)C1C1=CCC2C1. The largest absolute Gasteiger partial charge is 0.392 e. The van der Waals surface area contributed by atoms with Crippen LogP contribution in [0.15, 0.2) is 11.6 Å². The Hall–Kier alpha value is -1.12. The van der Waals surface area contributed by atoms with Gasteiger partial charge in [0.2, 0.25) is 0 Å². The minimum Gasteiger partial charge on any atom is -0.392 e. The first kappa shape index (κ1) is 7.30. The van der Waals surface area contributed by atoms with E-state index in [0.717, 1.165) is 18.4 Å². The Bertz CT molecular complexity index is 355. The number of allylic oxidation sites excluding steroid dienone is 1. The highest BCUT2D eigenvalue weighted by Crippen LogP contribution is 2.60. The lowest BCUT2D eigenvalue weighted by Crippen LogP contribution is -2.33. The topological polar surface area (TPSA) is 43.4 Å². The highest BCUT2D eigenvalue weighted by Gasteiger charge is 2.65. The Labute approximate surface area is 75.8 Å². The second-order valence-electron chi connectivity index (χ2n) is 4.34. The van der Waals surface area contributed by atoms with E-state index >= 15 is 0 Å². The zero-order valence-electron chi connectivity index (χ0n) is 7.37. The number of carbonyl (C=O) groups is 2. The normalized spacial score (nSPS) is 46.4. The predicted molar refractivity (Wildman–Crippen MR) is 43.5 cm³/mol. The maximum atomic E-state index is 11.5. The molecule has 2 fully saturated rings. The molecule has 13 heavy (non-hydrogen) atoms. The number of carbonyl (C=O) groups excluding carboxylic acids is 2. The van der Waals surface area contributed by atoms with Gasteiger partial charge in [0.25, 0.3) is 0 Å². The summed E-state index contributed by atoms with van der Waals surface area (Å²) in [7, 11) is 0. The third-order valence-corrected chi connectivity index (χ3v) is 3.83. The van der Waals surface area contributed by atoms with Crippen LogP contribution >= 0.6 is 0 Å². The van der Waals surface area contributed by atoms with Crippen molar-refractivity contribution in [3.63, 3.8) is 0 Å². The molecule has 3 unspecified atom stereocenters. The molecule has 1 saturated carbocycles. The molecule has 0 aromatic heterocycles. The molecule has 68 valence electrons. The predicted octanol–water partition coefficient (Wildman–Crippen LogP) is 1.04. The fourth-order valence-electron chi connectivity index (χ4n) is 3.00. The zero-order chi connectivity index (χ0) is 9.22. The molecule has 3 atom stereocenters. The number of rotatable bonds is 0. The standard InChI is InChI=1S/C10H10O3/c1-10-6-3-2-5(4-6)7(10)8(11)13-9(10)12/h2,6-7H,3-4H2,1H3. The lowest BCUT2D eigenvalue weighted by molar-refractivity contribution is -0.156. The van der Waals surface area contributed by atoms with Crippen LogP contribution in [-0.4, -0.2) is 11.9 Å². The van der Waals surface area contributed by atoms with Gasteiger partial charge in [0.1, 0.15) is 0 Å². The maximum Gasteiger partial charge on any atom is 0.321 e. The molecular formula is C10H10O3. The van der Waals surface area contributed by atoms with Crippen molar-refractivity contribution in [1.29, 1.82) is 0 Å². The van der Waals surface area contributed by atoms with E-state index < -0.39 is 5.41 Å². The first-order chi connectivity index (χ1) is 6.14. The molecule has 0 spiro atoms. The van der Waals surface area contributed by atoms with E-state index in [4.69, 9.17) is 4.74 Å². The van der Waals surface area contributed by atoms with Crippen LogP contribution in [0.5, 0.6) is 0 Å². The average Bonchev–Trinajstić information content (AvgIpc) is 2.66. The van der Waals surface area contributed by atoms with Crippen molar-refractivity contribution in [2.24, 2.45) is 17.3 Å². The van der Waals surface area contributed by atoms with Crippen LogP contribution < -0.4 is 0 Å². The van der Waals surface area contributed by atoms with Crippen LogP contribution in [0.1, 0.15) is 19.8 Å². The molecule has 3 heteroatoms. The van der Waals surface area contributed by atoms with Gasteiger partial charge in [-0.05, 0) is 25.7 Å². The molecule has 2 bridgehead atoms. The van der Waals surface area contributed by atoms with E-state index in [1.54, 1.807) is 0 Å². The number of hydrogen-bond acceptors (Lipinski definition) is 3. The summed E-state index contributed by atoms with van der Waals surface area (Å²) in [5, 5.41) is 0. The van der Waals surface area contributed by atoms with Crippen molar-refractivity contribution >= 4 is 11.9 Å². The molecule has 0 aromatic carbocycles. The molecule has 1 saturated heterocycles. The van der Waals surface area contributed by atoms with Crippen molar-refractivity contribution < 1.29 is 14.3 Å². The fourth-order valence-corrected chi connectivity index (χ4v) is 3.00. The van der Waals surface area contributed by atoms with Gasteiger partial charge < -0.3 is 4.74 Å². The summed E-state index contributed by atoms with van der Waals surface area (Å²) in [5.41, 5.74) is 0.601. The summed E-state index contributed by atoms with van der Waals surface area (Å²) in [6.45, 7) is 1.87. The first-order valence-corrected chi connectivity index (χ1v) is 4.59. The Morgan fingerprint density at radius 1 is 1.54 bits per heavy atom. The summed E-state index contributed by atoms with van der Waals surface area (Å²) >= 11 is 0.